The Morgan fingerprint density at radius 3 is 2.03 bits per heavy atom. The van der Waals surface area contributed by atoms with E-state index in [1.54, 1.807) is 0 Å². The molecule has 0 spiro atoms. The van der Waals surface area contributed by atoms with Crippen molar-refractivity contribution in [2.45, 2.75) is 77.0 Å². The predicted molar refractivity (Wildman–Crippen MR) is 159 cm³/mol. The zero-order chi connectivity index (χ0) is 26.1. The van der Waals surface area contributed by atoms with E-state index in [-0.39, 0.29) is 0 Å². The van der Waals surface area contributed by atoms with Gasteiger partial charge in [0.15, 0.2) is 0 Å². The highest BCUT2D eigenvalue weighted by molar-refractivity contribution is 5.41. The van der Waals surface area contributed by atoms with Crippen LogP contribution in [0.5, 0.6) is 11.5 Å². The van der Waals surface area contributed by atoms with Crippen LogP contribution < -0.4 is 9.47 Å². The van der Waals surface area contributed by atoms with E-state index in [0.717, 1.165) is 44.2 Å². The maximum Gasteiger partial charge on any atom is 0.122 e. The van der Waals surface area contributed by atoms with Crippen LogP contribution >= 0.6 is 0 Å². The van der Waals surface area contributed by atoms with E-state index in [1.807, 2.05) is 30.3 Å². The second kappa shape index (κ2) is 17.3. The molecule has 2 aliphatic heterocycles. The summed E-state index contributed by atoms with van der Waals surface area (Å²) in [6.45, 7) is 9.16. The molecule has 1 saturated heterocycles. The molecular formula is C34H50N2O2. The second-order valence-corrected chi connectivity index (χ2v) is 11.0. The summed E-state index contributed by atoms with van der Waals surface area (Å²) in [5, 5.41) is 0. The van der Waals surface area contributed by atoms with Gasteiger partial charge >= 0.3 is 0 Å². The van der Waals surface area contributed by atoms with Crippen molar-refractivity contribution >= 4 is 0 Å². The van der Waals surface area contributed by atoms with Gasteiger partial charge in [0.2, 0.25) is 0 Å². The molecule has 2 heterocycles. The number of aryl methyl sites for hydroxylation is 1. The second-order valence-electron chi connectivity index (χ2n) is 11.0. The molecule has 0 N–H and O–H groups in total. The molecular weight excluding hydrogens is 468 g/mol. The van der Waals surface area contributed by atoms with E-state index in [4.69, 9.17) is 9.47 Å². The molecule has 208 valence electrons. The van der Waals surface area contributed by atoms with E-state index in [1.165, 1.54) is 108 Å². The van der Waals surface area contributed by atoms with Gasteiger partial charge in [0.25, 0.3) is 0 Å². The fourth-order valence-corrected chi connectivity index (χ4v) is 5.71. The molecule has 0 radical (unpaired) electrons. The number of nitrogens with zero attached hydrogens (tertiary/aromatic N) is 2. The number of rotatable bonds is 14. The van der Waals surface area contributed by atoms with Gasteiger partial charge < -0.3 is 14.4 Å². The van der Waals surface area contributed by atoms with Crippen LogP contribution in [0.3, 0.4) is 0 Å². The zero-order valence-corrected chi connectivity index (χ0v) is 23.6. The van der Waals surface area contributed by atoms with E-state index in [9.17, 15) is 0 Å². The summed E-state index contributed by atoms with van der Waals surface area (Å²) >= 11 is 0. The molecule has 38 heavy (non-hydrogen) atoms. The Bertz CT molecular complexity index is 915. The summed E-state index contributed by atoms with van der Waals surface area (Å²) in [4.78, 5) is 5.08. The van der Waals surface area contributed by atoms with Crippen LogP contribution in [0, 0.1) is 0 Å². The molecule has 1 aliphatic carbocycles. The lowest BCUT2D eigenvalue weighted by Crippen LogP contribution is -2.21. The third-order valence-electron chi connectivity index (χ3n) is 7.95. The van der Waals surface area contributed by atoms with Gasteiger partial charge in [-0.25, -0.2) is 0 Å². The first-order valence-electron chi connectivity index (χ1n) is 15.4. The highest BCUT2D eigenvalue weighted by atomic mass is 16.5. The van der Waals surface area contributed by atoms with Gasteiger partial charge in [-0.15, -0.1) is 0 Å². The van der Waals surface area contributed by atoms with Crippen molar-refractivity contribution in [2.75, 3.05) is 52.5 Å². The van der Waals surface area contributed by atoms with E-state index in [2.05, 4.69) is 40.2 Å². The number of para-hydroxylation sites is 1. The van der Waals surface area contributed by atoms with Gasteiger partial charge in [-0.1, -0.05) is 42.5 Å². The van der Waals surface area contributed by atoms with Gasteiger partial charge in [-0.05, 0) is 133 Å². The van der Waals surface area contributed by atoms with Gasteiger partial charge in [0.05, 0.1) is 13.2 Å². The summed E-state index contributed by atoms with van der Waals surface area (Å²) in [6.07, 6.45) is 19.9. The summed E-state index contributed by atoms with van der Waals surface area (Å²) < 4.78 is 11.7. The third-order valence-corrected chi connectivity index (χ3v) is 7.95. The normalized spacial score (nSPS) is 17.2. The van der Waals surface area contributed by atoms with Crippen LogP contribution in [-0.2, 0) is 12.8 Å². The van der Waals surface area contributed by atoms with Crippen LogP contribution in [0.15, 0.2) is 60.7 Å². The van der Waals surface area contributed by atoms with Crippen LogP contribution in [0.4, 0.5) is 0 Å². The average molecular weight is 519 g/mol. The van der Waals surface area contributed by atoms with Crippen molar-refractivity contribution in [2.24, 2.45) is 0 Å². The Labute approximate surface area is 232 Å². The molecule has 5 rings (SSSR count). The Hall–Kier alpha value is -2.30. The molecule has 4 nitrogen and oxygen atoms in total. The maximum atomic E-state index is 6.06. The molecule has 2 aromatic rings. The minimum atomic E-state index is 0.836. The standard InChI is InChI=1S/C19H29NO.C15H21NO/c1(4-13-20-14-5-6-15-20)7-16-21-19-12-8-10-17-9-2-3-11-18(17)19;1-3-9-15(10-4-1)17-14-8-2-5-11-16-12-6-7-13-16/h8,10,12H,1-7,9,11,13-16H2;1,3-4,6-7,9-10H,2,5,8,11-14H2. The largest absolute Gasteiger partial charge is 0.494 e. The highest BCUT2D eigenvalue weighted by Crippen LogP contribution is 2.29. The monoisotopic (exact) mass is 518 g/mol. The fourth-order valence-electron chi connectivity index (χ4n) is 5.71. The van der Waals surface area contributed by atoms with Gasteiger partial charge in [-0.3, -0.25) is 4.90 Å². The Balaban J connectivity index is 0.000000181. The SMILES string of the molecule is C1=CCN(CCCCCOc2ccccc2)C1.c1cc2c(c(OCCCCCN3CCCC3)c1)CCCC2. The lowest BCUT2D eigenvalue weighted by atomic mass is 9.91. The number of fused-ring (bicyclic) bond motifs is 1. The molecule has 0 amide bonds. The summed E-state index contributed by atoms with van der Waals surface area (Å²) in [5.74, 6) is 2.14. The summed E-state index contributed by atoms with van der Waals surface area (Å²) in [5.41, 5.74) is 3.01. The van der Waals surface area contributed by atoms with Gasteiger partial charge in [0.1, 0.15) is 11.5 Å². The number of unbranched alkanes of at least 4 members (excludes halogenated alkanes) is 4. The fraction of sp³-hybridized carbons (Fsp3) is 0.588. The minimum absolute atomic E-state index is 0.836. The van der Waals surface area contributed by atoms with Crippen LogP contribution in [-0.4, -0.2) is 62.3 Å². The summed E-state index contributed by atoms with van der Waals surface area (Å²) in [6, 6.07) is 16.6. The lowest BCUT2D eigenvalue weighted by Gasteiger charge is -2.19. The average Bonchev–Trinajstić information content (AvgIpc) is 3.68. The third kappa shape index (κ3) is 10.5. The Morgan fingerprint density at radius 1 is 0.579 bits per heavy atom. The van der Waals surface area contributed by atoms with Crippen molar-refractivity contribution in [3.05, 3.63) is 71.8 Å². The first kappa shape index (κ1) is 28.7. The predicted octanol–water partition coefficient (Wildman–Crippen LogP) is 7.32. The van der Waals surface area contributed by atoms with E-state index in [0.29, 0.717) is 0 Å². The number of hydrogen-bond donors (Lipinski definition) is 0. The molecule has 0 saturated carbocycles. The molecule has 2 aromatic carbocycles. The smallest absolute Gasteiger partial charge is 0.122 e. The lowest BCUT2D eigenvalue weighted by molar-refractivity contribution is 0.287. The molecule has 3 aliphatic rings. The first-order valence-corrected chi connectivity index (χ1v) is 15.4. The molecule has 1 fully saturated rings. The summed E-state index contributed by atoms with van der Waals surface area (Å²) in [7, 11) is 0. The van der Waals surface area contributed by atoms with Gasteiger partial charge in [-0.2, -0.15) is 0 Å². The first-order chi connectivity index (χ1) is 18.9. The number of ether oxygens (including phenoxy) is 2. The van der Waals surface area contributed by atoms with E-state index >= 15 is 0 Å². The molecule has 0 atom stereocenters. The van der Waals surface area contributed by atoms with Crippen LogP contribution in [0.2, 0.25) is 0 Å². The van der Waals surface area contributed by atoms with Gasteiger partial charge in [0, 0.05) is 13.1 Å². The van der Waals surface area contributed by atoms with Crippen molar-refractivity contribution < 1.29 is 9.47 Å². The van der Waals surface area contributed by atoms with Crippen molar-refractivity contribution in [3.8, 4) is 11.5 Å². The van der Waals surface area contributed by atoms with Crippen LogP contribution in [0.25, 0.3) is 0 Å². The number of benzene rings is 2. The number of likely N-dealkylation sites (tertiary alicyclic amines) is 1. The molecule has 4 heteroatoms. The Morgan fingerprint density at radius 2 is 1.26 bits per heavy atom. The minimum Gasteiger partial charge on any atom is -0.494 e. The molecule has 0 unspecified atom stereocenters. The topological polar surface area (TPSA) is 24.9 Å². The van der Waals surface area contributed by atoms with Crippen molar-refractivity contribution in [3.63, 3.8) is 0 Å². The molecule has 0 aromatic heterocycles. The van der Waals surface area contributed by atoms with Crippen molar-refractivity contribution in [1.82, 2.24) is 9.80 Å². The Kier molecular flexibility index (Phi) is 13.1. The van der Waals surface area contributed by atoms with Crippen molar-refractivity contribution in [1.29, 1.82) is 0 Å². The van der Waals surface area contributed by atoms with E-state index < -0.39 is 0 Å². The zero-order valence-electron chi connectivity index (χ0n) is 23.6. The van der Waals surface area contributed by atoms with Crippen LogP contribution in [0.1, 0.15) is 75.3 Å². The quantitative estimate of drug-likeness (QED) is 0.193. The highest BCUT2D eigenvalue weighted by Gasteiger charge is 2.14. The molecule has 0 bridgehead atoms. The number of hydrogen-bond acceptors (Lipinski definition) is 4. The maximum absolute atomic E-state index is 6.06.